The Morgan fingerprint density at radius 2 is 2.08 bits per heavy atom. The number of aliphatic imine (C=N–C) groups is 1. The van der Waals surface area contributed by atoms with Crippen LogP contribution in [0.1, 0.15) is 46.0 Å². The molecule has 0 bridgehead atoms. The molecule has 3 atom stereocenters. The standard InChI is InChI=1S/C20H33N3OS2/c1-3-21-20(22-14-9-15-25-18-11-6-5-7-12-18)23-17-10-8-13-19(16-17)26(24)4-2/h5-7,11-12,17,19H,3-4,8-10,13-16H2,1-2H3,(H2,21,22,23). The van der Waals surface area contributed by atoms with Crippen molar-refractivity contribution >= 4 is 28.5 Å². The van der Waals surface area contributed by atoms with Crippen LogP contribution in [-0.2, 0) is 10.8 Å². The lowest BCUT2D eigenvalue weighted by atomic mass is 9.95. The highest BCUT2D eigenvalue weighted by atomic mass is 32.2. The molecule has 3 unspecified atom stereocenters. The van der Waals surface area contributed by atoms with Crippen molar-refractivity contribution in [3.05, 3.63) is 30.3 Å². The maximum Gasteiger partial charge on any atom is 0.191 e. The molecule has 2 rings (SSSR count). The first kappa shape index (κ1) is 21.3. The fraction of sp³-hybridized carbons (Fsp3) is 0.650. The average molecular weight is 396 g/mol. The zero-order valence-corrected chi connectivity index (χ0v) is 17.7. The molecule has 26 heavy (non-hydrogen) atoms. The van der Waals surface area contributed by atoms with Gasteiger partial charge in [0.1, 0.15) is 0 Å². The van der Waals surface area contributed by atoms with E-state index in [1.807, 2.05) is 18.7 Å². The minimum absolute atomic E-state index is 0.344. The average Bonchev–Trinajstić information content (AvgIpc) is 2.68. The van der Waals surface area contributed by atoms with Crippen LogP contribution >= 0.6 is 11.8 Å². The topological polar surface area (TPSA) is 53.5 Å². The highest BCUT2D eigenvalue weighted by molar-refractivity contribution is 7.99. The first-order valence-electron chi connectivity index (χ1n) is 9.82. The Labute approximate surface area is 165 Å². The number of nitrogens with one attached hydrogen (secondary N) is 2. The molecule has 0 aromatic heterocycles. The number of benzene rings is 1. The van der Waals surface area contributed by atoms with Gasteiger partial charge in [-0.05, 0) is 50.5 Å². The van der Waals surface area contributed by atoms with Gasteiger partial charge in [-0.3, -0.25) is 9.20 Å². The molecule has 1 aromatic carbocycles. The van der Waals surface area contributed by atoms with Crippen LogP contribution in [0.4, 0.5) is 0 Å². The molecule has 1 aliphatic rings. The smallest absolute Gasteiger partial charge is 0.191 e. The van der Waals surface area contributed by atoms with E-state index < -0.39 is 10.8 Å². The second kappa shape index (κ2) is 12.4. The third kappa shape index (κ3) is 7.70. The van der Waals surface area contributed by atoms with Gasteiger partial charge in [-0.25, -0.2) is 0 Å². The first-order valence-corrected chi connectivity index (χ1v) is 12.2. The molecule has 1 aromatic rings. The van der Waals surface area contributed by atoms with Crippen molar-refractivity contribution in [2.45, 2.75) is 62.1 Å². The molecule has 0 spiro atoms. The van der Waals surface area contributed by atoms with Gasteiger partial charge in [0.15, 0.2) is 5.96 Å². The molecule has 6 heteroatoms. The molecule has 0 saturated heterocycles. The summed E-state index contributed by atoms with van der Waals surface area (Å²) in [7, 11) is -0.682. The van der Waals surface area contributed by atoms with Crippen LogP contribution < -0.4 is 10.6 Å². The van der Waals surface area contributed by atoms with Crippen LogP contribution in [0.25, 0.3) is 0 Å². The SMILES string of the molecule is CCNC(=NCCCSc1ccccc1)NC1CCCC(S(=O)CC)C1. The van der Waals surface area contributed by atoms with Crippen molar-refractivity contribution in [1.29, 1.82) is 0 Å². The van der Waals surface area contributed by atoms with E-state index in [0.29, 0.717) is 11.3 Å². The van der Waals surface area contributed by atoms with Crippen molar-refractivity contribution < 1.29 is 4.21 Å². The van der Waals surface area contributed by atoms with Crippen LogP contribution in [-0.4, -0.2) is 46.1 Å². The zero-order valence-electron chi connectivity index (χ0n) is 16.1. The Balaban J connectivity index is 1.75. The fourth-order valence-electron chi connectivity index (χ4n) is 3.23. The third-order valence-corrected chi connectivity index (χ3v) is 7.39. The predicted octanol–water partition coefficient (Wildman–Crippen LogP) is 3.80. The van der Waals surface area contributed by atoms with Crippen LogP contribution in [0.15, 0.2) is 40.2 Å². The Kier molecular flexibility index (Phi) is 10.1. The van der Waals surface area contributed by atoms with Crippen LogP contribution in [0.3, 0.4) is 0 Å². The molecular formula is C20H33N3OS2. The molecule has 0 aliphatic heterocycles. The summed E-state index contributed by atoms with van der Waals surface area (Å²) in [5.74, 6) is 2.75. The van der Waals surface area contributed by atoms with Gasteiger partial charge in [-0.2, -0.15) is 0 Å². The molecule has 1 aliphatic carbocycles. The summed E-state index contributed by atoms with van der Waals surface area (Å²) in [6.45, 7) is 5.80. The molecule has 4 nitrogen and oxygen atoms in total. The molecular weight excluding hydrogens is 362 g/mol. The molecule has 0 heterocycles. The number of thioether (sulfide) groups is 1. The van der Waals surface area contributed by atoms with E-state index in [1.54, 1.807) is 0 Å². The van der Waals surface area contributed by atoms with Crippen LogP contribution in [0.2, 0.25) is 0 Å². The maximum atomic E-state index is 12.1. The minimum Gasteiger partial charge on any atom is -0.357 e. The quantitative estimate of drug-likeness (QED) is 0.289. The van der Waals surface area contributed by atoms with Gasteiger partial charge in [0, 0.05) is 45.8 Å². The normalized spacial score (nSPS) is 22.0. The lowest BCUT2D eigenvalue weighted by Gasteiger charge is -2.30. The van der Waals surface area contributed by atoms with E-state index in [-0.39, 0.29) is 0 Å². The van der Waals surface area contributed by atoms with E-state index >= 15 is 0 Å². The Morgan fingerprint density at radius 1 is 1.27 bits per heavy atom. The molecule has 2 N–H and O–H groups in total. The second-order valence-corrected chi connectivity index (χ2v) is 9.75. The number of guanidine groups is 1. The van der Waals surface area contributed by atoms with Crippen molar-refractivity contribution in [2.75, 3.05) is 24.6 Å². The summed E-state index contributed by atoms with van der Waals surface area (Å²) in [6.07, 6.45) is 5.45. The number of hydrogen-bond donors (Lipinski definition) is 2. The van der Waals surface area contributed by atoms with Gasteiger partial charge in [-0.15, -0.1) is 11.8 Å². The second-order valence-electron chi connectivity index (χ2n) is 6.58. The Morgan fingerprint density at radius 3 is 2.81 bits per heavy atom. The molecule has 1 saturated carbocycles. The van der Waals surface area contributed by atoms with Gasteiger partial charge in [0.25, 0.3) is 0 Å². The van der Waals surface area contributed by atoms with Crippen LogP contribution in [0, 0.1) is 0 Å². The van der Waals surface area contributed by atoms with E-state index in [1.165, 1.54) is 4.90 Å². The number of rotatable bonds is 9. The van der Waals surface area contributed by atoms with Gasteiger partial charge in [0.2, 0.25) is 0 Å². The lowest BCUT2D eigenvalue weighted by molar-refractivity contribution is 0.413. The largest absolute Gasteiger partial charge is 0.357 e. The molecule has 0 radical (unpaired) electrons. The van der Waals surface area contributed by atoms with E-state index in [4.69, 9.17) is 4.99 Å². The van der Waals surface area contributed by atoms with Gasteiger partial charge in [-0.1, -0.05) is 31.5 Å². The molecule has 146 valence electrons. The summed E-state index contributed by atoms with van der Waals surface area (Å²) in [6, 6.07) is 10.9. The van der Waals surface area contributed by atoms with Gasteiger partial charge < -0.3 is 10.6 Å². The maximum absolute atomic E-state index is 12.1. The molecule has 0 amide bonds. The Bertz CT molecular complexity index is 565. The summed E-state index contributed by atoms with van der Waals surface area (Å²) < 4.78 is 12.1. The monoisotopic (exact) mass is 395 g/mol. The molecule has 1 fully saturated rings. The fourth-order valence-corrected chi connectivity index (χ4v) is 5.43. The zero-order chi connectivity index (χ0) is 18.6. The third-order valence-electron chi connectivity index (χ3n) is 4.55. The lowest BCUT2D eigenvalue weighted by Crippen LogP contribution is -2.46. The Hall–Kier alpha value is -1.01. The van der Waals surface area contributed by atoms with Gasteiger partial charge >= 0.3 is 0 Å². The summed E-state index contributed by atoms with van der Waals surface area (Å²) >= 11 is 1.88. The number of nitrogens with zero attached hydrogens (tertiary/aromatic N) is 1. The van der Waals surface area contributed by atoms with Gasteiger partial charge in [0.05, 0.1) is 0 Å². The highest BCUT2D eigenvalue weighted by Gasteiger charge is 2.25. The van der Waals surface area contributed by atoms with Crippen molar-refractivity contribution in [1.82, 2.24) is 10.6 Å². The van der Waals surface area contributed by atoms with Crippen molar-refractivity contribution in [2.24, 2.45) is 4.99 Å². The minimum atomic E-state index is -0.682. The summed E-state index contributed by atoms with van der Waals surface area (Å²) in [5.41, 5.74) is 0. The van der Waals surface area contributed by atoms with Crippen LogP contribution in [0.5, 0.6) is 0 Å². The van der Waals surface area contributed by atoms with E-state index in [0.717, 1.165) is 62.7 Å². The highest BCUT2D eigenvalue weighted by Crippen LogP contribution is 2.23. The van der Waals surface area contributed by atoms with E-state index in [9.17, 15) is 4.21 Å². The van der Waals surface area contributed by atoms with E-state index in [2.05, 4.69) is 47.9 Å². The first-order chi connectivity index (χ1) is 12.7. The predicted molar refractivity (Wildman–Crippen MR) is 116 cm³/mol. The number of hydrogen-bond acceptors (Lipinski definition) is 3. The summed E-state index contributed by atoms with van der Waals surface area (Å²) in [5, 5.41) is 7.27. The summed E-state index contributed by atoms with van der Waals surface area (Å²) in [4.78, 5) is 6.05. The van der Waals surface area contributed by atoms with Crippen molar-refractivity contribution in [3.63, 3.8) is 0 Å². The van der Waals surface area contributed by atoms with Crippen molar-refractivity contribution in [3.8, 4) is 0 Å².